The van der Waals surface area contributed by atoms with Crippen LogP contribution in [0.2, 0.25) is 0 Å². The molecule has 1 aromatic carbocycles. The minimum Gasteiger partial charge on any atom is -0.494 e. The Labute approximate surface area is 120 Å². The second-order valence-corrected chi connectivity index (χ2v) is 4.77. The maximum absolute atomic E-state index is 5.46. The molecule has 1 aromatic heterocycles. The van der Waals surface area contributed by atoms with E-state index in [2.05, 4.69) is 24.3 Å². The van der Waals surface area contributed by atoms with Crippen molar-refractivity contribution in [3.63, 3.8) is 0 Å². The molecule has 0 saturated carbocycles. The van der Waals surface area contributed by atoms with Gasteiger partial charge < -0.3 is 10.1 Å². The Bertz CT molecular complexity index is 531. The van der Waals surface area contributed by atoms with Crippen LogP contribution < -0.4 is 10.1 Å². The van der Waals surface area contributed by atoms with Gasteiger partial charge in [0.2, 0.25) is 0 Å². The molecule has 0 aliphatic heterocycles. The third-order valence-electron chi connectivity index (χ3n) is 3.25. The molecule has 2 aromatic rings. The SMILES string of the molecule is CCCNCc1cnn(-c2ccc(OCC)cc2)c1C. The van der Waals surface area contributed by atoms with E-state index in [-0.39, 0.29) is 0 Å². The molecule has 1 N–H and O–H groups in total. The summed E-state index contributed by atoms with van der Waals surface area (Å²) in [4.78, 5) is 0. The maximum Gasteiger partial charge on any atom is 0.119 e. The fourth-order valence-electron chi connectivity index (χ4n) is 2.13. The van der Waals surface area contributed by atoms with Gasteiger partial charge in [-0.2, -0.15) is 5.10 Å². The van der Waals surface area contributed by atoms with Gasteiger partial charge in [-0.25, -0.2) is 4.68 Å². The van der Waals surface area contributed by atoms with Crippen LogP contribution in [0.5, 0.6) is 5.75 Å². The van der Waals surface area contributed by atoms with Gasteiger partial charge in [-0.1, -0.05) is 6.92 Å². The predicted octanol–water partition coefficient (Wildman–Crippen LogP) is 3.08. The molecule has 0 aliphatic carbocycles. The zero-order valence-corrected chi connectivity index (χ0v) is 12.5. The molecule has 108 valence electrons. The van der Waals surface area contributed by atoms with Gasteiger partial charge in [0.15, 0.2) is 0 Å². The van der Waals surface area contributed by atoms with Crippen molar-refractivity contribution in [1.29, 1.82) is 0 Å². The number of nitrogens with zero attached hydrogens (tertiary/aromatic N) is 2. The van der Waals surface area contributed by atoms with Crippen molar-refractivity contribution in [2.75, 3.05) is 13.2 Å². The van der Waals surface area contributed by atoms with Crippen molar-refractivity contribution >= 4 is 0 Å². The molecule has 2 rings (SSSR count). The van der Waals surface area contributed by atoms with Gasteiger partial charge in [0.25, 0.3) is 0 Å². The fourth-order valence-corrected chi connectivity index (χ4v) is 2.13. The molecule has 0 amide bonds. The van der Waals surface area contributed by atoms with Crippen LogP contribution in [0.25, 0.3) is 5.69 Å². The monoisotopic (exact) mass is 273 g/mol. The summed E-state index contributed by atoms with van der Waals surface area (Å²) in [6.07, 6.45) is 3.08. The van der Waals surface area contributed by atoms with Crippen LogP contribution >= 0.6 is 0 Å². The highest BCUT2D eigenvalue weighted by molar-refractivity contribution is 5.39. The molecule has 0 saturated heterocycles. The Morgan fingerprint density at radius 2 is 1.95 bits per heavy atom. The van der Waals surface area contributed by atoms with Crippen LogP contribution in [0.4, 0.5) is 0 Å². The van der Waals surface area contributed by atoms with E-state index in [0.29, 0.717) is 6.61 Å². The smallest absolute Gasteiger partial charge is 0.119 e. The normalized spacial score (nSPS) is 10.8. The van der Waals surface area contributed by atoms with Gasteiger partial charge in [-0.15, -0.1) is 0 Å². The Balaban J connectivity index is 2.12. The lowest BCUT2D eigenvalue weighted by Gasteiger charge is -2.08. The topological polar surface area (TPSA) is 39.1 Å². The number of ether oxygens (including phenoxy) is 1. The zero-order valence-electron chi connectivity index (χ0n) is 12.5. The first kappa shape index (κ1) is 14.6. The number of rotatable bonds is 7. The predicted molar refractivity (Wildman–Crippen MR) is 81.5 cm³/mol. The summed E-state index contributed by atoms with van der Waals surface area (Å²) in [5.74, 6) is 0.894. The fraction of sp³-hybridized carbons (Fsp3) is 0.438. The van der Waals surface area contributed by atoms with E-state index in [4.69, 9.17) is 4.74 Å². The molecule has 20 heavy (non-hydrogen) atoms. The summed E-state index contributed by atoms with van der Waals surface area (Å²) in [7, 11) is 0. The van der Waals surface area contributed by atoms with Crippen molar-refractivity contribution in [3.05, 3.63) is 41.7 Å². The lowest BCUT2D eigenvalue weighted by molar-refractivity contribution is 0.340. The average molecular weight is 273 g/mol. The molecule has 0 atom stereocenters. The third kappa shape index (κ3) is 3.39. The molecular formula is C16H23N3O. The molecular weight excluding hydrogens is 250 g/mol. The molecule has 0 bridgehead atoms. The van der Waals surface area contributed by atoms with E-state index in [9.17, 15) is 0 Å². The molecule has 4 heteroatoms. The van der Waals surface area contributed by atoms with Gasteiger partial charge in [0, 0.05) is 17.8 Å². The van der Waals surface area contributed by atoms with Gasteiger partial charge in [0.1, 0.15) is 5.75 Å². The summed E-state index contributed by atoms with van der Waals surface area (Å²) < 4.78 is 7.43. The minimum absolute atomic E-state index is 0.688. The Morgan fingerprint density at radius 1 is 1.20 bits per heavy atom. The summed E-state index contributed by atoms with van der Waals surface area (Å²) in [6, 6.07) is 8.03. The largest absolute Gasteiger partial charge is 0.494 e. The van der Waals surface area contributed by atoms with Crippen LogP contribution in [0.3, 0.4) is 0 Å². The Morgan fingerprint density at radius 3 is 2.60 bits per heavy atom. The van der Waals surface area contributed by atoms with Crippen LogP contribution in [-0.2, 0) is 6.54 Å². The molecule has 0 unspecified atom stereocenters. The second kappa shape index (κ2) is 7.10. The van der Waals surface area contributed by atoms with Crippen molar-refractivity contribution in [3.8, 4) is 11.4 Å². The summed E-state index contributed by atoms with van der Waals surface area (Å²) in [6.45, 7) is 8.86. The van der Waals surface area contributed by atoms with Crippen LogP contribution in [0, 0.1) is 6.92 Å². The van der Waals surface area contributed by atoms with E-state index < -0.39 is 0 Å². The highest BCUT2D eigenvalue weighted by Crippen LogP contribution is 2.18. The maximum atomic E-state index is 5.46. The zero-order chi connectivity index (χ0) is 14.4. The lowest BCUT2D eigenvalue weighted by atomic mass is 10.2. The Kier molecular flexibility index (Phi) is 5.18. The second-order valence-electron chi connectivity index (χ2n) is 4.77. The quantitative estimate of drug-likeness (QED) is 0.788. The highest BCUT2D eigenvalue weighted by atomic mass is 16.5. The number of benzene rings is 1. The Hall–Kier alpha value is -1.81. The van der Waals surface area contributed by atoms with Gasteiger partial charge in [0.05, 0.1) is 18.5 Å². The van der Waals surface area contributed by atoms with E-state index in [1.54, 1.807) is 0 Å². The van der Waals surface area contributed by atoms with Crippen LogP contribution in [0.1, 0.15) is 31.5 Å². The van der Waals surface area contributed by atoms with Crippen LogP contribution in [0.15, 0.2) is 30.5 Å². The van der Waals surface area contributed by atoms with Crippen molar-refractivity contribution in [1.82, 2.24) is 15.1 Å². The standard InChI is InChI=1S/C16H23N3O/c1-4-10-17-11-14-12-18-19(13(14)3)15-6-8-16(9-7-15)20-5-2/h6-9,12,17H,4-5,10-11H2,1-3H3. The number of hydrogen-bond donors (Lipinski definition) is 1. The van der Waals surface area contributed by atoms with E-state index in [1.165, 1.54) is 11.3 Å². The molecule has 0 aliphatic rings. The summed E-state index contributed by atoms with van der Waals surface area (Å²) >= 11 is 0. The lowest BCUT2D eigenvalue weighted by Crippen LogP contribution is -2.14. The van der Waals surface area contributed by atoms with Crippen molar-refractivity contribution < 1.29 is 4.74 Å². The molecule has 1 heterocycles. The van der Waals surface area contributed by atoms with Gasteiger partial charge in [-0.05, 0) is 51.1 Å². The molecule has 0 spiro atoms. The van der Waals surface area contributed by atoms with E-state index in [0.717, 1.165) is 30.9 Å². The third-order valence-corrected chi connectivity index (χ3v) is 3.25. The number of hydrogen-bond acceptors (Lipinski definition) is 3. The number of nitrogens with one attached hydrogen (secondary N) is 1. The average Bonchev–Trinajstić information content (AvgIpc) is 2.82. The first-order chi connectivity index (χ1) is 9.76. The number of aromatic nitrogens is 2. The summed E-state index contributed by atoms with van der Waals surface area (Å²) in [5.41, 5.74) is 3.48. The highest BCUT2D eigenvalue weighted by Gasteiger charge is 2.07. The first-order valence-corrected chi connectivity index (χ1v) is 7.23. The molecule has 4 nitrogen and oxygen atoms in total. The van der Waals surface area contributed by atoms with Crippen LogP contribution in [-0.4, -0.2) is 22.9 Å². The van der Waals surface area contributed by atoms with Crippen molar-refractivity contribution in [2.24, 2.45) is 0 Å². The molecule has 0 radical (unpaired) electrons. The molecule has 0 fully saturated rings. The van der Waals surface area contributed by atoms with E-state index >= 15 is 0 Å². The van der Waals surface area contributed by atoms with Gasteiger partial charge in [-0.3, -0.25) is 0 Å². The van der Waals surface area contributed by atoms with E-state index in [1.807, 2.05) is 42.1 Å². The first-order valence-electron chi connectivity index (χ1n) is 7.23. The van der Waals surface area contributed by atoms with Gasteiger partial charge >= 0.3 is 0 Å². The van der Waals surface area contributed by atoms with Crippen molar-refractivity contribution in [2.45, 2.75) is 33.7 Å². The minimum atomic E-state index is 0.688. The summed E-state index contributed by atoms with van der Waals surface area (Å²) in [5, 5.41) is 7.89.